The molecule has 1 heterocycles. The van der Waals surface area contributed by atoms with E-state index < -0.39 is 32.0 Å². The predicted molar refractivity (Wildman–Crippen MR) is 136 cm³/mol. The van der Waals surface area contributed by atoms with Crippen LogP contribution in [0.2, 0.25) is 0 Å². The number of aryl methyl sites for hydroxylation is 1. The second-order valence-corrected chi connectivity index (χ2v) is 12.3. The van der Waals surface area contributed by atoms with Gasteiger partial charge in [-0.05, 0) is 62.6 Å². The lowest BCUT2D eigenvalue weighted by molar-refractivity contribution is -0.122. The van der Waals surface area contributed by atoms with Crippen LogP contribution in [0.5, 0.6) is 5.75 Å². The van der Waals surface area contributed by atoms with E-state index in [4.69, 9.17) is 4.74 Å². The fourth-order valence-electron chi connectivity index (χ4n) is 4.00. The summed E-state index contributed by atoms with van der Waals surface area (Å²) >= 11 is 0. The van der Waals surface area contributed by atoms with Gasteiger partial charge in [-0.25, -0.2) is 16.8 Å². The number of anilines is 1. The molecule has 35 heavy (non-hydrogen) atoms. The molecule has 0 unspecified atom stereocenters. The molecule has 0 aliphatic carbocycles. The van der Waals surface area contributed by atoms with Crippen LogP contribution in [-0.4, -0.2) is 65.6 Å². The van der Waals surface area contributed by atoms with Crippen molar-refractivity contribution in [1.82, 2.24) is 9.62 Å². The standard InChI is InChI=1S/C24H33N3O6S2/c1-4-23(27(34(3,29)30)20-9-7-19(2)8-10-20)24(28)25-15-18-33-21-11-13-22(14-12-21)35(31,32)26-16-5-6-17-26/h7-14,23H,4-6,15-18H2,1-3H3,(H,25,28)/t23-/m0/s1. The highest BCUT2D eigenvalue weighted by molar-refractivity contribution is 7.92. The van der Waals surface area contributed by atoms with Crippen LogP contribution in [-0.2, 0) is 24.8 Å². The maximum Gasteiger partial charge on any atom is 0.244 e. The molecule has 1 amide bonds. The van der Waals surface area contributed by atoms with E-state index in [1.807, 2.05) is 6.92 Å². The van der Waals surface area contributed by atoms with Gasteiger partial charge in [-0.2, -0.15) is 4.31 Å². The summed E-state index contributed by atoms with van der Waals surface area (Å²) in [7, 11) is -7.18. The first-order chi connectivity index (χ1) is 16.5. The molecule has 1 fully saturated rings. The van der Waals surface area contributed by atoms with Gasteiger partial charge in [0.15, 0.2) is 0 Å². The van der Waals surface area contributed by atoms with E-state index in [-0.39, 0.29) is 18.0 Å². The molecule has 0 aromatic heterocycles. The van der Waals surface area contributed by atoms with Crippen molar-refractivity contribution in [2.24, 2.45) is 0 Å². The molecule has 9 nitrogen and oxygen atoms in total. The smallest absolute Gasteiger partial charge is 0.244 e. The zero-order valence-electron chi connectivity index (χ0n) is 20.3. The number of nitrogens with one attached hydrogen (secondary N) is 1. The van der Waals surface area contributed by atoms with Gasteiger partial charge in [0, 0.05) is 13.1 Å². The van der Waals surface area contributed by atoms with Gasteiger partial charge in [0.1, 0.15) is 18.4 Å². The number of carbonyl (C=O) groups is 1. The molecule has 192 valence electrons. The Bertz CT molecular complexity index is 1210. The second-order valence-electron chi connectivity index (χ2n) is 8.54. The lowest BCUT2D eigenvalue weighted by Crippen LogP contribution is -2.50. The van der Waals surface area contributed by atoms with Crippen molar-refractivity contribution in [2.45, 2.75) is 44.0 Å². The van der Waals surface area contributed by atoms with Crippen LogP contribution in [0.15, 0.2) is 53.4 Å². The summed E-state index contributed by atoms with van der Waals surface area (Å²) in [6.07, 6.45) is 3.12. The van der Waals surface area contributed by atoms with Gasteiger partial charge in [0.25, 0.3) is 0 Å². The molecule has 1 aliphatic heterocycles. The van der Waals surface area contributed by atoms with Gasteiger partial charge in [0.2, 0.25) is 26.0 Å². The summed E-state index contributed by atoms with van der Waals surface area (Å²) in [5.74, 6) is 0.0539. The Morgan fingerprint density at radius 1 is 1.03 bits per heavy atom. The van der Waals surface area contributed by atoms with Crippen molar-refractivity contribution < 1.29 is 26.4 Å². The predicted octanol–water partition coefficient (Wildman–Crippen LogP) is 2.52. The van der Waals surface area contributed by atoms with Gasteiger partial charge >= 0.3 is 0 Å². The Morgan fingerprint density at radius 3 is 2.17 bits per heavy atom. The summed E-state index contributed by atoms with van der Waals surface area (Å²) in [6, 6.07) is 12.3. The van der Waals surface area contributed by atoms with E-state index in [9.17, 15) is 21.6 Å². The normalized spacial score (nSPS) is 15.5. The minimum absolute atomic E-state index is 0.143. The zero-order chi connectivity index (χ0) is 25.6. The van der Waals surface area contributed by atoms with Crippen LogP contribution < -0.4 is 14.4 Å². The number of benzene rings is 2. The SMILES string of the molecule is CC[C@@H](C(=O)NCCOc1ccc(S(=O)(=O)N2CCCC2)cc1)N(c1ccc(C)cc1)S(C)(=O)=O. The second kappa shape index (κ2) is 11.4. The number of rotatable bonds is 11. The Labute approximate surface area is 208 Å². The van der Waals surface area contributed by atoms with Crippen LogP contribution in [0.25, 0.3) is 0 Å². The molecule has 1 N–H and O–H groups in total. The number of amides is 1. The van der Waals surface area contributed by atoms with E-state index >= 15 is 0 Å². The number of sulfonamides is 2. The van der Waals surface area contributed by atoms with Crippen LogP contribution in [0.3, 0.4) is 0 Å². The summed E-state index contributed by atoms with van der Waals surface area (Å²) in [5.41, 5.74) is 1.42. The van der Waals surface area contributed by atoms with E-state index in [1.54, 1.807) is 43.3 Å². The maximum absolute atomic E-state index is 12.9. The van der Waals surface area contributed by atoms with Crippen LogP contribution >= 0.6 is 0 Å². The Morgan fingerprint density at radius 2 is 1.63 bits per heavy atom. The van der Waals surface area contributed by atoms with E-state index in [0.717, 1.165) is 29.0 Å². The molecular weight excluding hydrogens is 490 g/mol. The summed E-state index contributed by atoms with van der Waals surface area (Å²) < 4.78 is 58.5. The number of hydrogen-bond acceptors (Lipinski definition) is 6. The molecule has 2 aromatic rings. The van der Waals surface area contributed by atoms with Crippen molar-refractivity contribution in [3.05, 3.63) is 54.1 Å². The highest BCUT2D eigenvalue weighted by atomic mass is 32.2. The zero-order valence-corrected chi connectivity index (χ0v) is 21.9. The molecule has 3 rings (SSSR count). The largest absolute Gasteiger partial charge is 0.492 e. The molecule has 1 aliphatic rings. The van der Waals surface area contributed by atoms with Gasteiger partial charge < -0.3 is 10.1 Å². The quantitative estimate of drug-likeness (QED) is 0.453. The van der Waals surface area contributed by atoms with Crippen molar-refractivity contribution in [2.75, 3.05) is 36.8 Å². The summed E-state index contributed by atoms with van der Waals surface area (Å²) in [4.78, 5) is 13.1. The van der Waals surface area contributed by atoms with Crippen molar-refractivity contribution in [3.8, 4) is 5.75 Å². The molecule has 1 atom stereocenters. The third kappa shape index (κ3) is 6.74. The lowest BCUT2D eigenvalue weighted by atomic mass is 10.1. The molecule has 0 radical (unpaired) electrons. The average Bonchev–Trinajstić information content (AvgIpc) is 3.36. The Kier molecular flexibility index (Phi) is 8.79. The van der Waals surface area contributed by atoms with Crippen molar-refractivity contribution >= 4 is 31.6 Å². The first-order valence-corrected chi connectivity index (χ1v) is 14.9. The Hall–Kier alpha value is -2.63. The molecular formula is C24H33N3O6S2. The van der Waals surface area contributed by atoms with Gasteiger partial charge in [-0.15, -0.1) is 0 Å². The van der Waals surface area contributed by atoms with E-state index in [0.29, 0.717) is 30.9 Å². The van der Waals surface area contributed by atoms with Gasteiger partial charge in [-0.3, -0.25) is 9.10 Å². The lowest BCUT2D eigenvalue weighted by Gasteiger charge is -2.30. The minimum Gasteiger partial charge on any atom is -0.492 e. The van der Waals surface area contributed by atoms with Crippen LogP contribution in [0, 0.1) is 6.92 Å². The Balaban J connectivity index is 1.57. The van der Waals surface area contributed by atoms with Gasteiger partial charge in [0.05, 0.1) is 23.4 Å². The van der Waals surface area contributed by atoms with Crippen LogP contribution in [0.1, 0.15) is 31.7 Å². The minimum atomic E-state index is -3.69. The summed E-state index contributed by atoms with van der Waals surface area (Å²) in [6.45, 7) is 5.04. The molecule has 0 bridgehead atoms. The number of carbonyl (C=O) groups excluding carboxylic acids is 1. The summed E-state index contributed by atoms with van der Waals surface area (Å²) in [5, 5.41) is 2.74. The number of nitrogens with zero attached hydrogens (tertiary/aromatic N) is 2. The third-order valence-corrected chi connectivity index (χ3v) is 8.91. The average molecular weight is 524 g/mol. The van der Waals surface area contributed by atoms with E-state index in [1.165, 1.54) is 16.4 Å². The third-order valence-electron chi connectivity index (χ3n) is 5.81. The highest BCUT2D eigenvalue weighted by Gasteiger charge is 2.31. The number of hydrogen-bond donors (Lipinski definition) is 1. The topological polar surface area (TPSA) is 113 Å². The maximum atomic E-state index is 12.9. The molecule has 0 spiro atoms. The number of ether oxygens (including phenoxy) is 1. The van der Waals surface area contributed by atoms with Gasteiger partial charge in [-0.1, -0.05) is 24.6 Å². The molecule has 1 saturated heterocycles. The fourth-order valence-corrected chi connectivity index (χ4v) is 6.73. The van der Waals surface area contributed by atoms with E-state index in [2.05, 4.69) is 5.32 Å². The fraction of sp³-hybridized carbons (Fsp3) is 0.458. The molecule has 2 aromatic carbocycles. The first-order valence-electron chi connectivity index (χ1n) is 11.6. The molecule has 11 heteroatoms. The van der Waals surface area contributed by atoms with Crippen molar-refractivity contribution in [1.29, 1.82) is 0 Å². The van der Waals surface area contributed by atoms with Crippen molar-refractivity contribution in [3.63, 3.8) is 0 Å². The first kappa shape index (κ1) is 27.0. The highest BCUT2D eigenvalue weighted by Crippen LogP contribution is 2.24. The monoisotopic (exact) mass is 523 g/mol. The molecule has 0 saturated carbocycles. The van der Waals surface area contributed by atoms with Crippen LogP contribution in [0.4, 0.5) is 5.69 Å².